The van der Waals surface area contributed by atoms with Crippen molar-refractivity contribution in [1.82, 2.24) is 5.32 Å². The minimum absolute atomic E-state index is 0.162. The fraction of sp³-hybridized carbons (Fsp3) is 0.174. The van der Waals surface area contributed by atoms with Gasteiger partial charge in [-0.2, -0.15) is 0 Å². The third-order valence-electron chi connectivity index (χ3n) is 5.04. The monoisotopic (exact) mass is 438 g/mol. The molecule has 0 bridgehead atoms. The van der Waals surface area contributed by atoms with Crippen LogP contribution >= 0.6 is 0 Å². The number of rotatable bonds is 6. The smallest absolute Gasteiger partial charge is 0.261 e. The van der Waals surface area contributed by atoms with Crippen molar-refractivity contribution in [3.63, 3.8) is 0 Å². The molecule has 0 saturated carbocycles. The summed E-state index contributed by atoms with van der Waals surface area (Å²) in [6.45, 7) is 4.09. The molecule has 1 amide bonds. The second-order valence-corrected chi connectivity index (χ2v) is 8.95. The summed E-state index contributed by atoms with van der Waals surface area (Å²) < 4.78 is 38.7. The first-order valence-corrected chi connectivity index (χ1v) is 11.2. The standard InChI is InChI=1S/C23H22N2O5S/c1-15-6-9-18(10-7-15)31(27,28)25-20-5-3-4-19(16(20)2)23(26)24-13-17-8-11-21-22(12-17)30-14-29-21/h3-12,25H,13-14H2,1-2H3,(H,24,26). The van der Waals surface area contributed by atoms with Crippen molar-refractivity contribution in [2.24, 2.45) is 0 Å². The molecule has 2 N–H and O–H groups in total. The number of ether oxygens (including phenoxy) is 2. The Kier molecular flexibility index (Phi) is 5.56. The summed E-state index contributed by atoms with van der Waals surface area (Å²) in [6.07, 6.45) is 0. The lowest BCUT2D eigenvalue weighted by molar-refractivity contribution is 0.0950. The Hall–Kier alpha value is -3.52. The molecule has 0 aliphatic carbocycles. The van der Waals surface area contributed by atoms with Crippen LogP contribution in [-0.4, -0.2) is 21.1 Å². The fourth-order valence-corrected chi connectivity index (χ4v) is 4.36. The topological polar surface area (TPSA) is 93.7 Å². The SMILES string of the molecule is Cc1ccc(S(=O)(=O)Nc2cccc(C(=O)NCc3ccc4c(c3)OCO4)c2C)cc1. The van der Waals surface area contributed by atoms with E-state index in [-0.39, 0.29) is 17.6 Å². The van der Waals surface area contributed by atoms with E-state index in [1.165, 1.54) is 0 Å². The molecule has 0 saturated heterocycles. The van der Waals surface area contributed by atoms with Crippen LogP contribution in [0.15, 0.2) is 65.6 Å². The molecule has 1 aliphatic rings. The van der Waals surface area contributed by atoms with Crippen LogP contribution in [0.25, 0.3) is 0 Å². The van der Waals surface area contributed by atoms with Gasteiger partial charge < -0.3 is 14.8 Å². The van der Waals surface area contributed by atoms with Gasteiger partial charge in [0.2, 0.25) is 6.79 Å². The maximum atomic E-state index is 12.8. The van der Waals surface area contributed by atoms with Crippen LogP contribution in [0.3, 0.4) is 0 Å². The van der Waals surface area contributed by atoms with Crippen LogP contribution in [-0.2, 0) is 16.6 Å². The van der Waals surface area contributed by atoms with Gasteiger partial charge in [-0.25, -0.2) is 8.42 Å². The summed E-state index contributed by atoms with van der Waals surface area (Å²) in [7, 11) is -3.76. The van der Waals surface area contributed by atoms with E-state index < -0.39 is 10.0 Å². The van der Waals surface area contributed by atoms with E-state index in [4.69, 9.17) is 9.47 Å². The van der Waals surface area contributed by atoms with Gasteiger partial charge in [-0.05, 0) is 61.4 Å². The first-order valence-electron chi connectivity index (χ1n) is 9.69. The van der Waals surface area contributed by atoms with Crippen LogP contribution in [0.4, 0.5) is 5.69 Å². The molecular formula is C23H22N2O5S. The molecule has 0 spiro atoms. The van der Waals surface area contributed by atoms with E-state index in [1.807, 2.05) is 19.1 Å². The average molecular weight is 439 g/mol. The summed E-state index contributed by atoms with van der Waals surface area (Å²) in [6, 6.07) is 17.0. The first-order chi connectivity index (χ1) is 14.8. The lowest BCUT2D eigenvalue weighted by Crippen LogP contribution is -2.24. The number of anilines is 1. The van der Waals surface area contributed by atoms with Crippen LogP contribution in [0.2, 0.25) is 0 Å². The molecule has 4 rings (SSSR count). The molecular weight excluding hydrogens is 416 g/mol. The lowest BCUT2D eigenvalue weighted by atomic mass is 10.1. The van der Waals surface area contributed by atoms with Crippen molar-refractivity contribution in [1.29, 1.82) is 0 Å². The number of amides is 1. The van der Waals surface area contributed by atoms with E-state index >= 15 is 0 Å². The highest BCUT2D eigenvalue weighted by molar-refractivity contribution is 7.92. The number of aryl methyl sites for hydroxylation is 1. The zero-order valence-corrected chi connectivity index (χ0v) is 18.0. The number of hydrogen-bond donors (Lipinski definition) is 2. The highest BCUT2D eigenvalue weighted by Crippen LogP contribution is 2.32. The summed E-state index contributed by atoms with van der Waals surface area (Å²) in [5.74, 6) is 1.03. The molecule has 3 aromatic rings. The molecule has 160 valence electrons. The van der Waals surface area contributed by atoms with Gasteiger partial charge in [0.05, 0.1) is 10.6 Å². The van der Waals surface area contributed by atoms with Crippen LogP contribution in [0.1, 0.15) is 27.0 Å². The first kappa shape index (κ1) is 20.7. The highest BCUT2D eigenvalue weighted by Gasteiger charge is 2.18. The number of sulfonamides is 1. The maximum absolute atomic E-state index is 12.8. The van der Waals surface area contributed by atoms with Crippen LogP contribution in [0, 0.1) is 13.8 Å². The van der Waals surface area contributed by atoms with Crippen molar-refractivity contribution < 1.29 is 22.7 Å². The van der Waals surface area contributed by atoms with Gasteiger partial charge in [0, 0.05) is 12.1 Å². The minimum Gasteiger partial charge on any atom is -0.454 e. The van der Waals surface area contributed by atoms with E-state index in [2.05, 4.69) is 10.0 Å². The zero-order valence-electron chi connectivity index (χ0n) is 17.1. The molecule has 8 heteroatoms. The molecule has 31 heavy (non-hydrogen) atoms. The van der Waals surface area contributed by atoms with Gasteiger partial charge in [0.25, 0.3) is 15.9 Å². The third-order valence-corrected chi connectivity index (χ3v) is 6.43. The number of benzene rings is 3. The number of carbonyl (C=O) groups excluding carboxylic acids is 1. The number of nitrogens with one attached hydrogen (secondary N) is 2. The van der Waals surface area contributed by atoms with Crippen molar-refractivity contribution in [2.75, 3.05) is 11.5 Å². The van der Waals surface area contributed by atoms with Gasteiger partial charge >= 0.3 is 0 Å². The number of fused-ring (bicyclic) bond motifs is 1. The fourth-order valence-electron chi connectivity index (χ4n) is 3.24. The maximum Gasteiger partial charge on any atom is 0.261 e. The van der Waals surface area contributed by atoms with Gasteiger partial charge in [0.1, 0.15) is 0 Å². The van der Waals surface area contributed by atoms with E-state index in [9.17, 15) is 13.2 Å². The van der Waals surface area contributed by atoms with E-state index in [0.717, 1.165) is 11.1 Å². The quantitative estimate of drug-likeness (QED) is 0.611. The third kappa shape index (κ3) is 4.49. The predicted molar refractivity (Wildman–Crippen MR) is 117 cm³/mol. The van der Waals surface area contributed by atoms with Gasteiger partial charge in [-0.3, -0.25) is 9.52 Å². The van der Waals surface area contributed by atoms with E-state index in [0.29, 0.717) is 34.9 Å². The second kappa shape index (κ2) is 8.31. The van der Waals surface area contributed by atoms with Crippen LogP contribution < -0.4 is 19.5 Å². The van der Waals surface area contributed by atoms with Gasteiger partial charge in [0.15, 0.2) is 11.5 Å². The average Bonchev–Trinajstić information content (AvgIpc) is 3.21. The molecule has 0 atom stereocenters. The van der Waals surface area contributed by atoms with Crippen molar-refractivity contribution in [3.8, 4) is 11.5 Å². The Balaban J connectivity index is 1.49. The second-order valence-electron chi connectivity index (χ2n) is 7.27. The number of hydrogen-bond acceptors (Lipinski definition) is 5. The van der Waals surface area contributed by atoms with Gasteiger partial charge in [-0.15, -0.1) is 0 Å². The Morgan fingerprint density at radius 1 is 0.968 bits per heavy atom. The number of carbonyl (C=O) groups is 1. The normalized spacial score (nSPS) is 12.5. The lowest BCUT2D eigenvalue weighted by Gasteiger charge is -2.14. The molecule has 0 aromatic heterocycles. The Morgan fingerprint density at radius 3 is 2.48 bits per heavy atom. The molecule has 3 aromatic carbocycles. The van der Waals surface area contributed by atoms with E-state index in [1.54, 1.807) is 55.5 Å². The van der Waals surface area contributed by atoms with Gasteiger partial charge in [-0.1, -0.05) is 29.8 Å². The summed E-state index contributed by atoms with van der Waals surface area (Å²) in [5.41, 5.74) is 3.13. The predicted octanol–water partition coefficient (Wildman–Crippen LogP) is 3.76. The molecule has 7 nitrogen and oxygen atoms in total. The summed E-state index contributed by atoms with van der Waals surface area (Å²) >= 11 is 0. The Labute approximate surface area is 181 Å². The zero-order chi connectivity index (χ0) is 22.0. The van der Waals surface area contributed by atoms with Crippen molar-refractivity contribution in [3.05, 3.63) is 82.9 Å². The molecule has 1 heterocycles. The largest absolute Gasteiger partial charge is 0.454 e. The van der Waals surface area contributed by atoms with Crippen molar-refractivity contribution >= 4 is 21.6 Å². The molecule has 0 radical (unpaired) electrons. The molecule has 1 aliphatic heterocycles. The molecule has 0 unspecified atom stereocenters. The van der Waals surface area contributed by atoms with Crippen LogP contribution in [0.5, 0.6) is 11.5 Å². The summed E-state index contributed by atoms with van der Waals surface area (Å²) in [4.78, 5) is 12.9. The Bertz CT molecular complexity index is 1240. The van der Waals surface area contributed by atoms with Crippen molar-refractivity contribution in [2.45, 2.75) is 25.3 Å². The highest BCUT2D eigenvalue weighted by atomic mass is 32.2. The minimum atomic E-state index is -3.76. The Morgan fingerprint density at radius 2 is 1.71 bits per heavy atom. The summed E-state index contributed by atoms with van der Waals surface area (Å²) in [5, 5.41) is 2.86. The molecule has 0 fully saturated rings.